The zero-order chi connectivity index (χ0) is 36.1. The molecule has 9 rings (SSSR count). The van der Waals surface area contributed by atoms with Crippen molar-refractivity contribution in [2.45, 2.75) is 18.3 Å². The molecule has 0 saturated carbocycles. The van der Waals surface area contributed by atoms with Crippen molar-refractivity contribution < 1.29 is 0 Å². The van der Waals surface area contributed by atoms with E-state index in [-0.39, 0.29) is 5.92 Å². The lowest BCUT2D eigenvalue weighted by atomic mass is 9.80. The number of benzene rings is 8. The van der Waals surface area contributed by atoms with E-state index in [4.69, 9.17) is 0 Å². The molecule has 1 aliphatic carbocycles. The van der Waals surface area contributed by atoms with Crippen molar-refractivity contribution in [1.82, 2.24) is 0 Å². The molecule has 0 radical (unpaired) electrons. The highest BCUT2D eigenvalue weighted by Gasteiger charge is 2.23. The Bertz CT molecular complexity index is 2520. The third-order valence-electron chi connectivity index (χ3n) is 11.2. The molecule has 0 saturated heterocycles. The SMILES string of the molecule is C1=CC(C(Cc2ccc(-c3ccccc3C(c3ccc(-c4ccccc4)cc3)c3ccc(-c4cccc5ccccc45)cc3)cc2)c2ccccc2)C=C1. The Morgan fingerprint density at radius 3 is 1.61 bits per heavy atom. The number of allylic oxidation sites excluding steroid dienone is 4. The van der Waals surface area contributed by atoms with E-state index in [2.05, 4.69) is 224 Å². The molecule has 0 aliphatic heterocycles. The summed E-state index contributed by atoms with van der Waals surface area (Å²) < 4.78 is 0. The van der Waals surface area contributed by atoms with Crippen LogP contribution in [0.1, 0.15) is 39.7 Å². The van der Waals surface area contributed by atoms with Crippen LogP contribution < -0.4 is 0 Å². The molecule has 8 aromatic rings. The van der Waals surface area contributed by atoms with Crippen LogP contribution in [0.15, 0.2) is 224 Å². The maximum Gasteiger partial charge on any atom is 0.0346 e. The largest absolute Gasteiger partial charge is 0.0770 e. The van der Waals surface area contributed by atoms with E-state index in [1.165, 1.54) is 72.0 Å². The van der Waals surface area contributed by atoms with Crippen LogP contribution in [0.4, 0.5) is 0 Å². The molecule has 258 valence electrons. The van der Waals surface area contributed by atoms with Crippen molar-refractivity contribution in [3.05, 3.63) is 252 Å². The van der Waals surface area contributed by atoms with Crippen molar-refractivity contribution in [3.8, 4) is 33.4 Å². The summed E-state index contributed by atoms with van der Waals surface area (Å²) in [6, 6.07) is 73.7. The van der Waals surface area contributed by atoms with Crippen molar-refractivity contribution in [1.29, 1.82) is 0 Å². The molecule has 1 aliphatic rings. The quantitative estimate of drug-likeness (QED) is 0.125. The van der Waals surface area contributed by atoms with Crippen LogP contribution in [-0.4, -0.2) is 0 Å². The van der Waals surface area contributed by atoms with Gasteiger partial charge in [0.1, 0.15) is 0 Å². The van der Waals surface area contributed by atoms with E-state index in [1.807, 2.05) is 0 Å². The lowest BCUT2D eigenvalue weighted by molar-refractivity contribution is 0.594. The van der Waals surface area contributed by atoms with Crippen molar-refractivity contribution in [2.24, 2.45) is 5.92 Å². The van der Waals surface area contributed by atoms with Crippen LogP contribution in [0.2, 0.25) is 0 Å². The summed E-state index contributed by atoms with van der Waals surface area (Å²) in [4.78, 5) is 0. The van der Waals surface area contributed by atoms with Gasteiger partial charge in [-0.15, -0.1) is 0 Å². The van der Waals surface area contributed by atoms with Crippen molar-refractivity contribution in [2.75, 3.05) is 0 Å². The Morgan fingerprint density at radius 2 is 0.889 bits per heavy atom. The van der Waals surface area contributed by atoms with E-state index in [1.54, 1.807) is 0 Å². The summed E-state index contributed by atoms with van der Waals surface area (Å²) in [7, 11) is 0. The van der Waals surface area contributed by atoms with E-state index >= 15 is 0 Å². The van der Waals surface area contributed by atoms with Gasteiger partial charge in [0.05, 0.1) is 0 Å². The van der Waals surface area contributed by atoms with Crippen LogP contribution >= 0.6 is 0 Å². The molecular weight excluding hydrogens is 649 g/mol. The van der Waals surface area contributed by atoms with Gasteiger partial charge in [-0.1, -0.05) is 224 Å². The predicted molar refractivity (Wildman–Crippen MR) is 229 cm³/mol. The van der Waals surface area contributed by atoms with Crippen LogP contribution in [0.25, 0.3) is 44.2 Å². The molecule has 0 nitrogen and oxygen atoms in total. The fraction of sp³-hybridized carbons (Fsp3) is 0.0741. The summed E-state index contributed by atoms with van der Waals surface area (Å²) in [5, 5.41) is 2.54. The van der Waals surface area contributed by atoms with Gasteiger partial charge in [0, 0.05) is 11.8 Å². The van der Waals surface area contributed by atoms with Crippen LogP contribution in [0.3, 0.4) is 0 Å². The number of hydrogen-bond donors (Lipinski definition) is 0. The Balaban J connectivity index is 1.09. The number of rotatable bonds is 10. The number of fused-ring (bicyclic) bond motifs is 1. The third kappa shape index (κ3) is 6.87. The molecule has 2 atom stereocenters. The summed E-state index contributed by atoms with van der Waals surface area (Å²) in [5.41, 5.74) is 14.1. The molecule has 0 heteroatoms. The second-order valence-electron chi connectivity index (χ2n) is 14.4. The molecule has 0 N–H and O–H groups in total. The van der Waals surface area contributed by atoms with Gasteiger partial charge in [0.25, 0.3) is 0 Å². The van der Waals surface area contributed by atoms with Crippen molar-refractivity contribution >= 4 is 10.8 Å². The highest BCUT2D eigenvalue weighted by molar-refractivity contribution is 5.96. The van der Waals surface area contributed by atoms with E-state index in [0.717, 1.165) is 6.42 Å². The van der Waals surface area contributed by atoms with Crippen LogP contribution in [0, 0.1) is 5.92 Å². The second kappa shape index (κ2) is 15.2. The molecular formula is C54H42. The van der Waals surface area contributed by atoms with Gasteiger partial charge in [0.15, 0.2) is 0 Å². The molecule has 0 spiro atoms. The third-order valence-corrected chi connectivity index (χ3v) is 11.2. The maximum absolute atomic E-state index is 2.34. The zero-order valence-corrected chi connectivity index (χ0v) is 30.3. The van der Waals surface area contributed by atoms with Crippen LogP contribution in [0.5, 0.6) is 0 Å². The molecule has 0 heterocycles. The van der Waals surface area contributed by atoms with Gasteiger partial charge in [0.2, 0.25) is 0 Å². The minimum Gasteiger partial charge on any atom is -0.0770 e. The number of hydrogen-bond acceptors (Lipinski definition) is 0. The Morgan fingerprint density at radius 1 is 0.370 bits per heavy atom. The first-order chi connectivity index (χ1) is 26.8. The molecule has 8 aromatic carbocycles. The van der Waals surface area contributed by atoms with E-state index < -0.39 is 0 Å². The highest BCUT2D eigenvalue weighted by Crippen LogP contribution is 2.40. The molecule has 0 amide bonds. The predicted octanol–water partition coefficient (Wildman–Crippen LogP) is 14.1. The first-order valence-corrected chi connectivity index (χ1v) is 19.1. The van der Waals surface area contributed by atoms with Gasteiger partial charge >= 0.3 is 0 Å². The van der Waals surface area contributed by atoms with E-state index in [0.29, 0.717) is 11.8 Å². The minimum absolute atomic E-state index is 0.0515. The first kappa shape index (κ1) is 33.3. The standard InChI is InChI=1S/C54H42/c1-3-14-40(15-4-1)41-30-34-47(35-31-41)54(48-36-32-46(33-37-48)50-25-13-21-42-18-9-10-22-49(42)50)52-24-12-11-23-51(52)45-28-26-39(27-29-45)38-53(44-19-7-8-20-44)43-16-5-2-6-17-43/h1-37,44,53-54H,38H2. The Kier molecular flexibility index (Phi) is 9.41. The monoisotopic (exact) mass is 690 g/mol. The average molecular weight is 691 g/mol. The highest BCUT2D eigenvalue weighted by atomic mass is 14.3. The summed E-state index contributed by atoms with van der Waals surface area (Å²) in [6.07, 6.45) is 10.0. The normalized spacial score (nSPS) is 13.6. The van der Waals surface area contributed by atoms with Gasteiger partial charge < -0.3 is 0 Å². The molecule has 0 aromatic heterocycles. The van der Waals surface area contributed by atoms with E-state index in [9.17, 15) is 0 Å². The second-order valence-corrected chi connectivity index (χ2v) is 14.4. The molecule has 0 bridgehead atoms. The summed E-state index contributed by atoms with van der Waals surface area (Å²) in [5.74, 6) is 0.865. The van der Waals surface area contributed by atoms with Gasteiger partial charge in [-0.05, 0) is 84.3 Å². The fourth-order valence-electron chi connectivity index (χ4n) is 8.36. The molecule has 54 heavy (non-hydrogen) atoms. The smallest absolute Gasteiger partial charge is 0.0346 e. The molecule has 2 unspecified atom stereocenters. The summed E-state index contributed by atoms with van der Waals surface area (Å²) in [6.45, 7) is 0. The van der Waals surface area contributed by atoms with Crippen molar-refractivity contribution in [3.63, 3.8) is 0 Å². The zero-order valence-electron chi connectivity index (χ0n) is 30.3. The topological polar surface area (TPSA) is 0 Å². The van der Waals surface area contributed by atoms with Gasteiger partial charge in [-0.2, -0.15) is 0 Å². The minimum atomic E-state index is 0.0515. The van der Waals surface area contributed by atoms with Gasteiger partial charge in [-0.25, -0.2) is 0 Å². The van der Waals surface area contributed by atoms with Gasteiger partial charge in [-0.3, -0.25) is 0 Å². The Hall–Kier alpha value is -6.50. The first-order valence-electron chi connectivity index (χ1n) is 19.1. The average Bonchev–Trinajstić information content (AvgIpc) is 3.79. The maximum atomic E-state index is 2.34. The molecule has 0 fully saturated rings. The Labute approximate surface area is 319 Å². The fourth-order valence-corrected chi connectivity index (χ4v) is 8.36. The summed E-state index contributed by atoms with van der Waals surface area (Å²) >= 11 is 0. The lowest BCUT2D eigenvalue weighted by Gasteiger charge is -2.24. The lowest BCUT2D eigenvalue weighted by Crippen LogP contribution is -2.11. The van der Waals surface area contributed by atoms with Crippen LogP contribution in [-0.2, 0) is 6.42 Å².